The van der Waals surface area contributed by atoms with Crippen molar-refractivity contribution in [1.82, 2.24) is 14.8 Å². The molecule has 3 rings (SSSR count). The third kappa shape index (κ3) is 6.58. The number of nitrogens with zero attached hydrogens (tertiary/aromatic N) is 3. The lowest BCUT2D eigenvalue weighted by Crippen LogP contribution is -2.14. The molecule has 1 heterocycles. The Kier molecular flexibility index (Phi) is 8.14. The number of amides is 1. The molecule has 0 atom stereocenters. The third-order valence-corrected chi connectivity index (χ3v) is 6.48. The van der Waals surface area contributed by atoms with Crippen LogP contribution in [0.3, 0.4) is 0 Å². The van der Waals surface area contributed by atoms with Gasteiger partial charge in [0, 0.05) is 22.5 Å². The quantitative estimate of drug-likeness (QED) is 0.405. The highest BCUT2D eigenvalue weighted by molar-refractivity contribution is 9.10. The molecule has 0 saturated carbocycles. The van der Waals surface area contributed by atoms with Crippen molar-refractivity contribution in [1.29, 1.82) is 0 Å². The summed E-state index contributed by atoms with van der Waals surface area (Å²) in [6.07, 6.45) is 0. The van der Waals surface area contributed by atoms with Crippen LogP contribution in [0, 0.1) is 5.82 Å². The first-order valence-electron chi connectivity index (χ1n) is 8.97. The topological polar surface area (TPSA) is 59.8 Å². The normalized spacial score (nSPS) is 10.9. The van der Waals surface area contributed by atoms with Crippen LogP contribution in [-0.2, 0) is 22.8 Å². The maximum atomic E-state index is 13.0. The van der Waals surface area contributed by atoms with Crippen LogP contribution in [0.15, 0.2) is 58.2 Å². The summed E-state index contributed by atoms with van der Waals surface area (Å²) in [6, 6.07) is 14.0. The molecule has 1 aromatic heterocycles. The molecule has 3 aromatic rings. The van der Waals surface area contributed by atoms with Gasteiger partial charge in [0.1, 0.15) is 11.6 Å². The van der Waals surface area contributed by atoms with Crippen molar-refractivity contribution < 1.29 is 9.18 Å². The fourth-order valence-corrected chi connectivity index (χ4v) is 4.56. The highest BCUT2D eigenvalue weighted by Gasteiger charge is 2.13. The summed E-state index contributed by atoms with van der Waals surface area (Å²) in [7, 11) is 0. The molecule has 0 radical (unpaired) electrons. The average Bonchev–Trinajstić information content (AvgIpc) is 3.11. The van der Waals surface area contributed by atoms with Gasteiger partial charge in [0.2, 0.25) is 5.91 Å². The Morgan fingerprint density at radius 3 is 2.52 bits per heavy atom. The maximum absolute atomic E-state index is 13.0. The van der Waals surface area contributed by atoms with E-state index >= 15 is 0 Å². The van der Waals surface area contributed by atoms with Crippen molar-refractivity contribution in [3.8, 4) is 0 Å². The van der Waals surface area contributed by atoms with Crippen LogP contribution in [0.1, 0.15) is 18.3 Å². The van der Waals surface area contributed by atoms with Gasteiger partial charge < -0.3 is 9.88 Å². The number of benzene rings is 2. The predicted molar refractivity (Wildman–Crippen MR) is 121 cm³/mol. The lowest BCUT2D eigenvalue weighted by Gasteiger charge is -2.08. The first kappa shape index (κ1) is 21.9. The smallest absolute Gasteiger partial charge is 0.234 e. The Bertz CT molecular complexity index is 948. The van der Waals surface area contributed by atoms with Crippen molar-refractivity contribution in [2.45, 2.75) is 30.1 Å². The Morgan fingerprint density at radius 1 is 1.10 bits per heavy atom. The number of anilines is 1. The molecule has 0 unspecified atom stereocenters. The molecule has 0 aliphatic carbocycles. The van der Waals surface area contributed by atoms with Crippen LogP contribution in [0.5, 0.6) is 0 Å². The summed E-state index contributed by atoms with van der Waals surface area (Å²) >= 11 is 6.44. The van der Waals surface area contributed by atoms with Crippen LogP contribution >= 0.6 is 39.5 Å². The molecule has 0 spiro atoms. The van der Waals surface area contributed by atoms with Gasteiger partial charge in [0.05, 0.1) is 11.5 Å². The van der Waals surface area contributed by atoms with Crippen molar-refractivity contribution in [3.05, 3.63) is 70.2 Å². The lowest BCUT2D eigenvalue weighted by atomic mass is 10.2. The molecule has 9 heteroatoms. The van der Waals surface area contributed by atoms with E-state index in [2.05, 4.69) is 31.4 Å². The standard InChI is InChI=1S/C20H20BrFN4OS2/c1-2-26-18(12-28-11-14-3-7-16(22)8-4-14)24-25-20(26)29-13-19(27)23-17-9-5-15(21)6-10-17/h3-10H,2,11-13H2,1H3,(H,23,27). The Morgan fingerprint density at radius 2 is 1.83 bits per heavy atom. The minimum atomic E-state index is -0.227. The summed E-state index contributed by atoms with van der Waals surface area (Å²) < 4.78 is 16.0. The van der Waals surface area contributed by atoms with Gasteiger partial charge in [-0.3, -0.25) is 4.79 Å². The minimum Gasteiger partial charge on any atom is -0.325 e. The zero-order valence-corrected chi connectivity index (χ0v) is 19.0. The third-order valence-electron chi connectivity index (χ3n) is 3.98. The van der Waals surface area contributed by atoms with Crippen molar-refractivity contribution in [3.63, 3.8) is 0 Å². The van der Waals surface area contributed by atoms with E-state index in [1.54, 1.807) is 23.9 Å². The molecule has 0 fully saturated rings. The van der Waals surface area contributed by atoms with E-state index in [1.165, 1.54) is 23.9 Å². The molecular formula is C20H20BrFN4OS2. The van der Waals surface area contributed by atoms with E-state index in [1.807, 2.05) is 35.8 Å². The maximum Gasteiger partial charge on any atom is 0.234 e. The molecule has 0 saturated heterocycles. The summed E-state index contributed by atoms with van der Waals surface area (Å²) in [5, 5.41) is 12.1. The number of hydrogen-bond acceptors (Lipinski definition) is 5. The van der Waals surface area contributed by atoms with Crippen molar-refractivity contribution in [2.75, 3.05) is 11.1 Å². The Hall–Kier alpha value is -1.84. The summed E-state index contributed by atoms with van der Waals surface area (Å²) in [5.74, 6) is 2.29. The number of carbonyl (C=O) groups is 1. The molecule has 2 aromatic carbocycles. The van der Waals surface area contributed by atoms with Crippen LogP contribution in [-0.4, -0.2) is 26.4 Å². The largest absolute Gasteiger partial charge is 0.325 e. The number of thioether (sulfide) groups is 2. The van der Waals surface area contributed by atoms with Crippen molar-refractivity contribution in [2.24, 2.45) is 0 Å². The van der Waals surface area contributed by atoms with Gasteiger partial charge in [-0.15, -0.1) is 22.0 Å². The van der Waals surface area contributed by atoms with E-state index < -0.39 is 0 Å². The molecule has 0 aliphatic rings. The molecule has 29 heavy (non-hydrogen) atoms. The zero-order chi connectivity index (χ0) is 20.6. The van der Waals surface area contributed by atoms with Gasteiger partial charge in [-0.2, -0.15) is 0 Å². The molecule has 5 nitrogen and oxygen atoms in total. The second-order valence-electron chi connectivity index (χ2n) is 6.11. The fourth-order valence-electron chi connectivity index (χ4n) is 2.55. The first-order chi connectivity index (χ1) is 14.0. The summed E-state index contributed by atoms with van der Waals surface area (Å²) in [4.78, 5) is 12.2. The van der Waals surface area contributed by atoms with E-state index in [0.717, 1.165) is 39.0 Å². The van der Waals surface area contributed by atoms with Gasteiger partial charge >= 0.3 is 0 Å². The first-order valence-corrected chi connectivity index (χ1v) is 11.9. The van der Waals surface area contributed by atoms with E-state index in [-0.39, 0.29) is 17.5 Å². The Labute approximate surface area is 186 Å². The van der Waals surface area contributed by atoms with E-state index in [9.17, 15) is 9.18 Å². The average molecular weight is 495 g/mol. The minimum absolute atomic E-state index is 0.0878. The fraction of sp³-hybridized carbons (Fsp3) is 0.250. The second-order valence-corrected chi connectivity index (χ2v) is 8.95. The zero-order valence-electron chi connectivity index (χ0n) is 15.8. The molecule has 1 N–H and O–H groups in total. The summed E-state index contributed by atoms with van der Waals surface area (Å²) in [5.41, 5.74) is 1.83. The lowest BCUT2D eigenvalue weighted by molar-refractivity contribution is -0.113. The van der Waals surface area contributed by atoms with Crippen molar-refractivity contribution >= 4 is 51.0 Å². The SMILES string of the molecule is CCn1c(CSCc2ccc(F)cc2)nnc1SCC(=O)Nc1ccc(Br)cc1. The van der Waals surface area contributed by atoms with Gasteiger partial charge in [-0.05, 0) is 48.9 Å². The Balaban J connectivity index is 1.51. The van der Waals surface area contributed by atoms with Gasteiger partial charge in [-0.25, -0.2) is 4.39 Å². The molecule has 152 valence electrons. The number of carbonyl (C=O) groups excluding carboxylic acids is 1. The number of nitrogens with one attached hydrogen (secondary N) is 1. The number of hydrogen-bond donors (Lipinski definition) is 1. The highest BCUT2D eigenvalue weighted by Crippen LogP contribution is 2.22. The number of rotatable bonds is 9. The van der Waals surface area contributed by atoms with Crippen LogP contribution in [0.4, 0.5) is 10.1 Å². The highest BCUT2D eigenvalue weighted by atomic mass is 79.9. The number of aromatic nitrogens is 3. The van der Waals surface area contributed by atoms with Gasteiger partial charge in [-0.1, -0.05) is 39.8 Å². The summed E-state index contributed by atoms with van der Waals surface area (Å²) in [6.45, 7) is 2.76. The second kappa shape index (κ2) is 10.8. The van der Waals surface area contributed by atoms with E-state index in [4.69, 9.17) is 0 Å². The van der Waals surface area contributed by atoms with E-state index in [0.29, 0.717) is 5.75 Å². The predicted octanol–water partition coefficient (Wildman–Crippen LogP) is 5.36. The monoisotopic (exact) mass is 494 g/mol. The molecule has 0 bridgehead atoms. The molecule has 1 amide bonds. The van der Waals surface area contributed by atoms with Crippen LogP contribution in [0.2, 0.25) is 0 Å². The van der Waals surface area contributed by atoms with Gasteiger partial charge in [0.25, 0.3) is 0 Å². The number of halogens is 2. The van der Waals surface area contributed by atoms with Crippen LogP contribution < -0.4 is 5.32 Å². The van der Waals surface area contributed by atoms with Crippen LogP contribution in [0.25, 0.3) is 0 Å². The molecule has 0 aliphatic heterocycles. The molecular weight excluding hydrogens is 475 g/mol. The van der Waals surface area contributed by atoms with Gasteiger partial charge in [0.15, 0.2) is 5.16 Å².